The highest BCUT2D eigenvalue weighted by atomic mass is 32.2. The van der Waals surface area contributed by atoms with E-state index in [1.807, 2.05) is 0 Å². The normalized spacial score (nSPS) is 12.1. The van der Waals surface area contributed by atoms with Gasteiger partial charge < -0.3 is 9.90 Å². The lowest BCUT2D eigenvalue weighted by Gasteiger charge is -2.03. The Labute approximate surface area is 68.0 Å². The fraction of sp³-hybridized carbons (Fsp3) is 0.500. The molecule has 0 heterocycles. The fourth-order valence-corrected chi connectivity index (χ4v) is 1.16. The summed E-state index contributed by atoms with van der Waals surface area (Å²) in [5, 5.41) is 7.20. The minimum Gasteiger partial charge on any atom is -0.480 e. The van der Waals surface area contributed by atoms with E-state index in [2.05, 4.69) is 0 Å². The lowest BCUT2D eigenvalue weighted by molar-refractivity contribution is -0.137. The van der Waals surface area contributed by atoms with Crippen LogP contribution in [0.1, 0.15) is 13.3 Å². The van der Waals surface area contributed by atoms with Crippen LogP contribution in [0.4, 0.5) is 0 Å². The molecule has 1 atom stereocenters. The number of carbonyl (C=O) groups is 3. The molecule has 0 radical (unpaired) electrons. The van der Waals surface area contributed by atoms with E-state index in [4.69, 9.17) is 5.11 Å². The summed E-state index contributed by atoms with van der Waals surface area (Å²) in [6, 6.07) is 0. The van der Waals surface area contributed by atoms with Gasteiger partial charge in [0.25, 0.3) is 0 Å². The first-order chi connectivity index (χ1) is 5.07. The summed E-state index contributed by atoms with van der Waals surface area (Å²) in [6.45, 7) is 1.27. The van der Waals surface area contributed by atoms with Crippen molar-refractivity contribution in [3.05, 3.63) is 0 Å². The average Bonchev–Trinajstić information content (AvgIpc) is 1.86. The molecule has 11 heavy (non-hydrogen) atoms. The van der Waals surface area contributed by atoms with Gasteiger partial charge in [-0.25, -0.2) is 0 Å². The van der Waals surface area contributed by atoms with Crippen LogP contribution < -0.4 is 0 Å². The number of carboxylic acid groups (broad SMARTS) is 1. The lowest BCUT2D eigenvalue weighted by atomic mass is 10.3. The van der Waals surface area contributed by atoms with E-state index in [0.29, 0.717) is 18.0 Å². The van der Waals surface area contributed by atoms with Gasteiger partial charge in [-0.15, -0.1) is 0 Å². The molecular formula is C6H8O4S. The average molecular weight is 176 g/mol. The summed E-state index contributed by atoms with van der Waals surface area (Å²) in [6.07, 6.45) is 0.369. The Morgan fingerprint density at radius 3 is 2.45 bits per heavy atom. The van der Waals surface area contributed by atoms with Crippen molar-refractivity contribution in [3.8, 4) is 0 Å². The molecule has 0 saturated heterocycles. The molecule has 0 spiro atoms. The van der Waals surface area contributed by atoms with Crippen LogP contribution in [0.15, 0.2) is 0 Å². The molecule has 0 rings (SSSR count). The number of carboxylic acids is 1. The van der Waals surface area contributed by atoms with E-state index < -0.39 is 11.2 Å². The van der Waals surface area contributed by atoms with E-state index >= 15 is 0 Å². The summed E-state index contributed by atoms with van der Waals surface area (Å²) >= 11 is 0.663. The summed E-state index contributed by atoms with van der Waals surface area (Å²) in [4.78, 5) is 30.6. The molecule has 4 nitrogen and oxygen atoms in total. The van der Waals surface area contributed by atoms with Crippen molar-refractivity contribution in [2.24, 2.45) is 0 Å². The maximum absolute atomic E-state index is 10.4. The van der Waals surface area contributed by atoms with Gasteiger partial charge in [0, 0.05) is 13.3 Å². The maximum atomic E-state index is 10.4. The van der Waals surface area contributed by atoms with Crippen molar-refractivity contribution in [2.75, 3.05) is 0 Å². The summed E-state index contributed by atoms with van der Waals surface area (Å²) in [7, 11) is 0. The van der Waals surface area contributed by atoms with E-state index in [1.165, 1.54) is 6.92 Å². The van der Waals surface area contributed by atoms with E-state index in [0.717, 1.165) is 0 Å². The van der Waals surface area contributed by atoms with Crippen molar-refractivity contribution >= 4 is 29.1 Å². The van der Waals surface area contributed by atoms with Crippen LogP contribution in [-0.2, 0) is 14.4 Å². The number of hydrogen-bond donors (Lipinski definition) is 1. The first-order valence-electron chi connectivity index (χ1n) is 2.91. The van der Waals surface area contributed by atoms with Gasteiger partial charge in [-0.3, -0.25) is 9.59 Å². The van der Waals surface area contributed by atoms with Crippen molar-refractivity contribution in [1.82, 2.24) is 0 Å². The Balaban J connectivity index is 3.99. The van der Waals surface area contributed by atoms with Crippen LogP contribution in [0.5, 0.6) is 0 Å². The first kappa shape index (κ1) is 10.2. The van der Waals surface area contributed by atoms with E-state index in [9.17, 15) is 14.4 Å². The van der Waals surface area contributed by atoms with Gasteiger partial charge in [-0.2, -0.15) is 0 Å². The molecular weight excluding hydrogens is 168 g/mol. The molecule has 0 saturated carbocycles. The zero-order valence-corrected chi connectivity index (χ0v) is 6.76. The molecule has 0 aromatic heterocycles. The molecule has 62 valence electrons. The summed E-state index contributed by atoms with van der Waals surface area (Å²) in [5.41, 5.74) is 0. The zero-order chi connectivity index (χ0) is 8.85. The predicted molar refractivity (Wildman–Crippen MR) is 40.4 cm³/mol. The number of carbonyl (C=O) groups excluding carboxylic acids is 2. The number of hydrogen-bond acceptors (Lipinski definition) is 4. The third kappa shape index (κ3) is 4.55. The van der Waals surface area contributed by atoms with Crippen molar-refractivity contribution in [2.45, 2.75) is 18.6 Å². The number of aldehydes is 1. The quantitative estimate of drug-likeness (QED) is 0.624. The minimum atomic E-state index is -1.13. The predicted octanol–water partition coefficient (Wildman–Crippen LogP) is 0.308. The monoisotopic (exact) mass is 176 g/mol. The molecule has 0 aliphatic rings. The maximum Gasteiger partial charge on any atom is 0.317 e. The van der Waals surface area contributed by atoms with Gasteiger partial charge >= 0.3 is 5.97 Å². The largest absolute Gasteiger partial charge is 0.480 e. The first-order valence-corrected chi connectivity index (χ1v) is 3.79. The third-order valence-electron chi connectivity index (χ3n) is 0.894. The smallest absolute Gasteiger partial charge is 0.317 e. The molecule has 0 aliphatic carbocycles. The van der Waals surface area contributed by atoms with Crippen LogP contribution in [0.25, 0.3) is 0 Å². The number of thioether (sulfide) groups is 1. The second-order valence-electron chi connectivity index (χ2n) is 1.84. The summed E-state index contributed by atoms with van der Waals surface area (Å²) in [5.74, 6) is -1.13. The Morgan fingerprint density at radius 2 is 2.18 bits per heavy atom. The van der Waals surface area contributed by atoms with Crippen LogP contribution >= 0.6 is 11.8 Å². The lowest BCUT2D eigenvalue weighted by Crippen LogP contribution is -2.18. The van der Waals surface area contributed by atoms with Gasteiger partial charge in [0.15, 0.2) is 5.12 Å². The molecule has 5 heteroatoms. The van der Waals surface area contributed by atoms with Gasteiger partial charge in [0.1, 0.15) is 11.5 Å². The van der Waals surface area contributed by atoms with Crippen LogP contribution in [-0.4, -0.2) is 27.7 Å². The highest BCUT2D eigenvalue weighted by Crippen LogP contribution is 2.14. The highest BCUT2D eigenvalue weighted by Gasteiger charge is 2.19. The Bertz CT molecular complexity index is 177. The van der Waals surface area contributed by atoms with Crippen LogP contribution in [0.2, 0.25) is 0 Å². The molecule has 0 aromatic carbocycles. The molecule has 1 unspecified atom stereocenters. The van der Waals surface area contributed by atoms with Gasteiger partial charge in [0.2, 0.25) is 0 Å². The fourth-order valence-electron chi connectivity index (χ4n) is 0.487. The van der Waals surface area contributed by atoms with Gasteiger partial charge in [0.05, 0.1) is 0 Å². The Morgan fingerprint density at radius 1 is 1.64 bits per heavy atom. The Hall–Kier alpha value is -0.840. The van der Waals surface area contributed by atoms with Crippen molar-refractivity contribution in [3.63, 3.8) is 0 Å². The molecule has 0 fully saturated rings. The minimum absolute atomic E-state index is 0.125. The third-order valence-corrected chi connectivity index (χ3v) is 1.90. The summed E-state index contributed by atoms with van der Waals surface area (Å²) < 4.78 is 0. The SMILES string of the molecule is CC(=O)SC(CC=O)C(=O)O. The van der Waals surface area contributed by atoms with Gasteiger partial charge in [-0.05, 0) is 0 Å². The Kier molecular flexibility index (Phi) is 4.52. The molecule has 0 aliphatic heterocycles. The second-order valence-corrected chi connectivity index (χ2v) is 3.22. The molecule has 1 N–H and O–H groups in total. The molecule has 0 amide bonds. The topological polar surface area (TPSA) is 71.4 Å². The zero-order valence-electron chi connectivity index (χ0n) is 5.94. The highest BCUT2D eigenvalue weighted by molar-refractivity contribution is 8.14. The number of aliphatic carboxylic acids is 1. The molecule has 0 aromatic rings. The van der Waals surface area contributed by atoms with E-state index in [1.54, 1.807) is 0 Å². The number of rotatable bonds is 4. The van der Waals surface area contributed by atoms with Crippen LogP contribution in [0.3, 0.4) is 0 Å². The van der Waals surface area contributed by atoms with E-state index in [-0.39, 0.29) is 11.5 Å². The van der Waals surface area contributed by atoms with Gasteiger partial charge in [-0.1, -0.05) is 11.8 Å². The van der Waals surface area contributed by atoms with Crippen molar-refractivity contribution in [1.29, 1.82) is 0 Å². The van der Waals surface area contributed by atoms with Crippen LogP contribution in [0, 0.1) is 0 Å². The molecule has 0 bridgehead atoms. The van der Waals surface area contributed by atoms with Crippen molar-refractivity contribution < 1.29 is 19.5 Å². The standard InChI is InChI=1S/C6H8O4S/c1-4(8)11-5(2-3-7)6(9)10/h3,5H,2H2,1H3,(H,9,10). The second kappa shape index (κ2) is 4.90.